The summed E-state index contributed by atoms with van der Waals surface area (Å²) in [5.74, 6) is 1.63. The molecule has 0 bridgehead atoms. The third-order valence-electron chi connectivity index (χ3n) is 3.40. The molecule has 0 atom stereocenters. The Morgan fingerprint density at radius 2 is 1.68 bits per heavy atom. The van der Waals surface area contributed by atoms with Gasteiger partial charge in [-0.25, -0.2) is 0 Å². The number of hydrogen-bond donors (Lipinski definition) is 2. The molecule has 6 nitrogen and oxygen atoms in total. The molecule has 0 spiro atoms. The Hall–Kier alpha value is -1.59. The van der Waals surface area contributed by atoms with Crippen LogP contribution in [-0.2, 0) is 0 Å². The van der Waals surface area contributed by atoms with E-state index in [1.165, 1.54) is 0 Å². The molecule has 1 aromatic rings. The number of nitrogens with one attached hydrogen (secondary N) is 2. The molecule has 0 fully saturated rings. The van der Waals surface area contributed by atoms with E-state index >= 15 is 0 Å². The van der Waals surface area contributed by atoms with Gasteiger partial charge in [0.15, 0.2) is 0 Å². The average molecular weight is 267 g/mol. The first kappa shape index (κ1) is 15.5. The Balaban J connectivity index is 2.80. The molecule has 0 saturated carbocycles. The van der Waals surface area contributed by atoms with E-state index in [2.05, 4.69) is 53.3 Å². The van der Waals surface area contributed by atoms with Gasteiger partial charge in [0.25, 0.3) is 0 Å². The molecule has 0 unspecified atom stereocenters. The van der Waals surface area contributed by atoms with Crippen molar-refractivity contribution >= 4 is 11.9 Å². The number of hydrogen-bond acceptors (Lipinski definition) is 6. The van der Waals surface area contributed by atoms with Crippen molar-refractivity contribution in [2.45, 2.75) is 34.6 Å². The van der Waals surface area contributed by atoms with E-state index in [1.807, 2.05) is 6.92 Å². The van der Waals surface area contributed by atoms with Crippen LogP contribution in [0.4, 0.5) is 11.9 Å². The Morgan fingerprint density at radius 3 is 2.16 bits per heavy atom. The highest BCUT2D eigenvalue weighted by Crippen LogP contribution is 2.26. The fraction of sp³-hybridized carbons (Fsp3) is 0.769. The van der Waals surface area contributed by atoms with Crippen molar-refractivity contribution in [3.05, 3.63) is 0 Å². The Labute approximate surface area is 115 Å². The second kappa shape index (κ2) is 6.54. The lowest BCUT2D eigenvalue weighted by Gasteiger charge is -2.29. The van der Waals surface area contributed by atoms with Crippen LogP contribution in [0.1, 0.15) is 34.6 Å². The van der Waals surface area contributed by atoms with Gasteiger partial charge < -0.3 is 15.4 Å². The van der Waals surface area contributed by atoms with Gasteiger partial charge in [-0.05, 0) is 18.3 Å². The lowest BCUT2D eigenvalue weighted by Crippen LogP contribution is -2.29. The molecule has 6 heteroatoms. The zero-order chi connectivity index (χ0) is 14.5. The van der Waals surface area contributed by atoms with Crippen LogP contribution >= 0.6 is 0 Å². The first-order chi connectivity index (χ1) is 8.89. The van der Waals surface area contributed by atoms with Crippen molar-refractivity contribution in [3.8, 4) is 6.01 Å². The number of methoxy groups -OCH3 is 1. The molecule has 0 radical (unpaired) electrons. The number of rotatable bonds is 7. The quantitative estimate of drug-likeness (QED) is 0.790. The first-order valence-electron chi connectivity index (χ1n) is 6.67. The number of ether oxygens (including phenoxy) is 1. The molecule has 1 aromatic heterocycles. The lowest BCUT2D eigenvalue weighted by atomic mass is 9.81. The number of anilines is 2. The predicted octanol–water partition coefficient (Wildman–Crippen LogP) is 2.41. The molecule has 0 amide bonds. The highest BCUT2D eigenvalue weighted by atomic mass is 16.5. The van der Waals surface area contributed by atoms with Crippen LogP contribution in [0.3, 0.4) is 0 Å². The van der Waals surface area contributed by atoms with Gasteiger partial charge in [-0.3, -0.25) is 0 Å². The smallest absolute Gasteiger partial charge is 0.322 e. The molecule has 1 rings (SSSR count). The fourth-order valence-electron chi connectivity index (χ4n) is 1.28. The van der Waals surface area contributed by atoms with Crippen LogP contribution in [0, 0.1) is 11.3 Å². The number of aromatic nitrogens is 3. The SMILES string of the molecule is CCNc1nc(NCC(C)(C)C(C)C)nc(OC)n1. The largest absolute Gasteiger partial charge is 0.467 e. The molecule has 2 N–H and O–H groups in total. The topological polar surface area (TPSA) is 72.0 Å². The third kappa shape index (κ3) is 4.54. The van der Waals surface area contributed by atoms with Gasteiger partial charge in [0.05, 0.1) is 7.11 Å². The molecular weight excluding hydrogens is 242 g/mol. The van der Waals surface area contributed by atoms with Gasteiger partial charge in [0.1, 0.15) is 0 Å². The maximum atomic E-state index is 5.08. The van der Waals surface area contributed by atoms with E-state index in [-0.39, 0.29) is 5.41 Å². The number of nitrogens with zero attached hydrogens (tertiary/aromatic N) is 3. The Morgan fingerprint density at radius 1 is 1.11 bits per heavy atom. The van der Waals surface area contributed by atoms with Crippen LogP contribution < -0.4 is 15.4 Å². The zero-order valence-electron chi connectivity index (χ0n) is 12.7. The van der Waals surface area contributed by atoms with Crippen LogP contribution in [-0.4, -0.2) is 35.2 Å². The summed E-state index contributed by atoms with van der Waals surface area (Å²) in [6, 6.07) is 0.316. The molecule has 0 aliphatic rings. The average Bonchev–Trinajstić information content (AvgIpc) is 2.36. The minimum Gasteiger partial charge on any atom is -0.467 e. The fourth-order valence-corrected chi connectivity index (χ4v) is 1.28. The monoisotopic (exact) mass is 267 g/mol. The summed E-state index contributed by atoms with van der Waals surface area (Å²) in [7, 11) is 1.55. The molecule has 19 heavy (non-hydrogen) atoms. The minimum absolute atomic E-state index is 0.165. The highest BCUT2D eigenvalue weighted by Gasteiger charge is 2.22. The van der Waals surface area contributed by atoms with Gasteiger partial charge in [-0.2, -0.15) is 15.0 Å². The zero-order valence-corrected chi connectivity index (χ0v) is 12.7. The van der Waals surface area contributed by atoms with Gasteiger partial charge in [-0.15, -0.1) is 0 Å². The molecule has 0 aliphatic heterocycles. The van der Waals surface area contributed by atoms with E-state index < -0.39 is 0 Å². The second-order valence-electron chi connectivity index (χ2n) is 5.50. The summed E-state index contributed by atoms with van der Waals surface area (Å²) < 4.78 is 5.08. The summed E-state index contributed by atoms with van der Waals surface area (Å²) in [5, 5.41) is 6.32. The predicted molar refractivity (Wildman–Crippen MR) is 77.7 cm³/mol. The van der Waals surface area contributed by atoms with E-state index in [0.29, 0.717) is 23.8 Å². The summed E-state index contributed by atoms with van der Waals surface area (Å²) >= 11 is 0. The van der Waals surface area contributed by atoms with Gasteiger partial charge in [0, 0.05) is 13.1 Å². The molecule has 0 aliphatic carbocycles. The van der Waals surface area contributed by atoms with Gasteiger partial charge in [-0.1, -0.05) is 27.7 Å². The van der Waals surface area contributed by atoms with Gasteiger partial charge >= 0.3 is 6.01 Å². The molecular formula is C13H25N5O. The summed E-state index contributed by atoms with van der Waals surface area (Å²) in [5.41, 5.74) is 0.165. The first-order valence-corrected chi connectivity index (χ1v) is 6.67. The van der Waals surface area contributed by atoms with Crippen molar-refractivity contribution in [1.29, 1.82) is 0 Å². The summed E-state index contributed by atoms with van der Waals surface area (Å²) in [6.45, 7) is 12.4. The highest BCUT2D eigenvalue weighted by molar-refractivity contribution is 5.35. The van der Waals surface area contributed by atoms with Crippen LogP contribution in [0.25, 0.3) is 0 Å². The maximum Gasteiger partial charge on any atom is 0.322 e. The van der Waals surface area contributed by atoms with Crippen molar-refractivity contribution in [1.82, 2.24) is 15.0 Å². The van der Waals surface area contributed by atoms with Crippen molar-refractivity contribution in [3.63, 3.8) is 0 Å². The third-order valence-corrected chi connectivity index (χ3v) is 3.40. The normalized spacial score (nSPS) is 11.5. The van der Waals surface area contributed by atoms with Crippen molar-refractivity contribution < 1.29 is 4.74 Å². The molecule has 1 heterocycles. The van der Waals surface area contributed by atoms with Crippen LogP contribution in [0.5, 0.6) is 6.01 Å². The Bertz CT molecular complexity index is 406. The van der Waals surface area contributed by atoms with Crippen molar-refractivity contribution in [2.24, 2.45) is 11.3 Å². The van der Waals surface area contributed by atoms with Crippen LogP contribution in [0.2, 0.25) is 0 Å². The standard InChI is InChI=1S/C13H25N5O/c1-7-14-10-16-11(18-12(17-10)19-6)15-8-13(4,5)9(2)3/h9H,7-8H2,1-6H3,(H2,14,15,16,17,18). The molecule has 0 aromatic carbocycles. The molecule has 108 valence electrons. The summed E-state index contributed by atoms with van der Waals surface area (Å²) in [6.07, 6.45) is 0. The minimum atomic E-state index is 0.165. The van der Waals surface area contributed by atoms with E-state index in [9.17, 15) is 0 Å². The van der Waals surface area contributed by atoms with E-state index in [1.54, 1.807) is 7.11 Å². The van der Waals surface area contributed by atoms with Crippen molar-refractivity contribution in [2.75, 3.05) is 30.8 Å². The van der Waals surface area contributed by atoms with Crippen LogP contribution in [0.15, 0.2) is 0 Å². The second-order valence-corrected chi connectivity index (χ2v) is 5.50. The lowest BCUT2D eigenvalue weighted by molar-refractivity contribution is 0.269. The maximum absolute atomic E-state index is 5.08. The van der Waals surface area contributed by atoms with E-state index in [4.69, 9.17) is 4.74 Å². The summed E-state index contributed by atoms with van der Waals surface area (Å²) in [4.78, 5) is 12.6. The van der Waals surface area contributed by atoms with Gasteiger partial charge in [0.2, 0.25) is 11.9 Å². The Kier molecular flexibility index (Phi) is 5.32. The van der Waals surface area contributed by atoms with E-state index in [0.717, 1.165) is 13.1 Å². The molecule has 0 saturated heterocycles.